The quantitative estimate of drug-likeness (QED) is 0.664. The molecule has 0 aromatic heterocycles. The molecule has 0 amide bonds. The molecule has 0 saturated carbocycles. The van der Waals surface area contributed by atoms with E-state index in [1.54, 1.807) is 7.11 Å². The zero-order chi connectivity index (χ0) is 14.8. The van der Waals surface area contributed by atoms with Gasteiger partial charge in [-0.1, -0.05) is 39.0 Å². The Kier molecular flexibility index (Phi) is 8.31. The summed E-state index contributed by atoms with van der Waals surface area (Å²) >= 11 is 0. The van der Waals surface area contributed by atoms with Gasteiger partial charge >= 0.3 is 0 Å². The summed E-state index contributed by atoms with van der Waals surface area (Å²) in [7, 11) is 1.72. The molecule has 3 heteroatoms. The molecule has 0 aliphatic carbocycles. The molecule has 0 radical (unpaired) electrons. The second-order valence-electron chi connectivity index (χ2n) is 5.19. The average Bonchev–Trinajstić information content (AvgIpc) is 2.50. The highest BCUT2D eigenvalue weighted by atomic mass is 16.5. The fourth-order valence-corrected chi connectivity index (χ4v) is 2.10. The Morgan fingerprint density at radius 3 is 2.55 bits per heavy atom. The van der Waals surface area contributed by atoms with Crippen LogP contribution in [-0.4, -0.2) is 32.9 Å². The van der Waals surface area contributed by atoms with Gasteiger partial charge in [0.1, 0.15) is 11.9 Å². The molecule has 0 spiro atoms. The Morgan fingerprint density at radius 1 is 1.15 bits per heavy atom. The number of methoxy groups -OCH3 is 1. The molecule has 1 rings (SSSR count). The van der Waals surface area contributed by atoms with Gasteiger partial charge in [0, 0.05) is 20.2 Å². The van der Waals surface area contributed by atoms with Crippen molar-refractivity contribution in [2.75, 3.05) is 26.8 Å². The Balaban J connectivity index is 2.60. The number of hydrogen-bond donors (Lipinski definition) is 1. The van der Waals surface area contributed by atoms with Crippen LogP contribution in [0.4, 0.5) is 0 Å². The normalized spacial score (nSPS) is 14.0. The maximum Gasteiger partial charge on any atom is 0.123 e. The maximum absolute atomic E-state index is 6.19. The van der Waals surface area contributed by atoms with Gasteiger partial charge in [0.25, 0.3) is 0 Å². The summed E-state index contributed by atoms with van der Waals surface area (Å²) in [5, 5.41) is 3.37. The second-order valence-corrected chi connectivity index (χ2v) is 5.19. The molecule has 0 saturated heterocycles. The Bertz CT molecular complexity index is 368. The number of ether oxygens (including phenoxy) is 2. The van der Waals surface area contributed by atoms with Crippen molar-refractivity contribution >= 4 is 0 Å². The number of rotatable bonds is 10. The summed E-state index contributed by atoms with van der Waals surface area (Å²) in [6.07, 6.45) is 2.33. The lowest BCUT2D eigenvalue weighted by Crippen LogP contribution is -2.33. The minimum absolute atomic E-state index is 0.206. The summed E-state index contributed by atoms with van der Waals surface area (Å²) < 4.78 is 11.2. The van der Waals surface area contributed by atoms with E-state index in [9.17, 15) is 0 Å². The highest BCUT2D eigenvalue weighted by molar-refractivity contribution is 5.36. The van der Waals surface area contributed by atoms with Crippen LogP contribution in [0.1, 0.15) is 45.1 Å². The van der Waals surface area contributed by atoms with E-state index in [1.807, 2.05) is 6.07 Å². The highest BCUT2D eigenvalue weighted by Crippen LogP contribution is 2.29. The van der Waals surface area contributed by atoms with Crippen molar-refractivity contribution in [2.45, 2.75) is 45.6 Å². The molecule has 0 fully saturated rings. The van der Waals surface area contributed by atoms with Crippen molar-refractivity contribution in [3.8, 4) is 5.75 Å². The SMILES string of the molecule is CCC(CNCCOC)Oc1ccccc1C(C)CC. The Hall–Kier alpha value is -1.06. The molecule has 3 nitrogen and oxygen atoms in total. The number of para-hydroxylation sites is 1. The molecular weight excluding hydrogens is 250 g/mol. The van der Waals surface area contributed by atoms with Crippen molar-refractivity contribution in [1.29, 1.82) is 0 Å². The summed E-state index contributed by atoms with van der Waals surface area (Å²) in [5.41, 5.74) is 1.31. The Morgan fingerprint density at radius 2 is 1.90 bits per heavy atom. The van der Waals surface area contributed by atoms with E-state index in [1.165, 1.54) is 5.56 Å². The van der Waals surface area contributed by atoms with Crippen molar-refractivity contribution in [3.63, 3.8) is 0 Å². The smallest absolute Gasteiger partial charge is 0.123 e. The predicted octanol–water partition coefficient (Wildman–Crippen LogP) is 3.59. The van der Waals surface area contributed by atoms with Crippen LogP contribution in [0.25, 0.3) is 0 Å². The molecule has 2 unspecified atom stereocenters. The molecule has 0 aliphatic heterocycles. The van der Waals surface area contributed by atoms with Crippen LogP contribution >= 0.6 is 0 Å². The molecule has 1 aromatic carbocycles. The van der Waals surface area contributed by atoms with Crippen LogP contribution in [0, 0.1) is 0 Å². The average molecular weight is 279 g/mol. The van der Waals surface area contributed by atoms with Gasteiger partial charge in [-0.3, -0.25) is 0 Å². The third-order valence-electron chi connectivity index (χ3n) is 3.67. The third-order valence-corrected chi connectivity index (χ3v) is 3.67. The van der Waals surface area contributed by atoms with Gasteiger partial charge in [-0.05, 0) is 30.4 Å². The fraction of sp³-hybridized carbons (Fsp3) is 0.647. The zero-order valence-electron chi connectivity index (χ0n) is 13.3. The van der Waals surface area contributed by atoms with E-state index in [-0.39, 0.29) is 6.10 Å². The molecular formula is C17H29NO2. The van der Waals surface area contributed by atoms with Crippen LogP contribution in [-0.2, 0) is 4.74 Å². The standard InChI is InChI=1S/C17H29NO2/c1-5-14(3)16-9-7-8-10-17(16)20-15(6-2)13-18-11-12-19-4/h7-10,14-15,18H,5-6,11-13H2,1-4H3. The van der Waals surface area contributed by atoms with E-state index in [4.69, 9.17) is 9.47 Å². The van der Waals surface area contributed by atoms with Crippen molar-refractivity contribution in [1.82, 2.24) is 5.32 Å². The first kappa shape index (κ1) is 17.0. The second kappa shape index (κ2) is 9.78. The molecule has 0 aliphatic rings. The van der Waals surface area contributed by atoms with Crippen molar-refractivity contribution in [2.24, 2.45) is 0 Å². The third kappa shape index (κ3) is 5.51. The molecule has 1 aromatic rings. The minimum Gasteiger partial charge on any atom is -0.489 e. The van der Waals surface area contributed by atoms with Gasteiger partial charge in [-0.25, -0.2) is 0 Å². The van der Waals surface area contributed by atoms with Crippen molar-refractivity contribution < 1.29 is 9.47 Å². The van der Waals surface area contributed by atoms with E-state index >= 15 is 0 Å². The lowest BCUT2D eigenvalue weighted by atomic mass is 9.98. The van der Waals surface area contributed by atoms with E-state index in [0.717, 1.165) is 38.3 Å². The molecule has 114 valence electrons. The highest BCUT2D eigenvalue weighted by Gasteiger charge is 2.13. The molecule has 1 N–H and O–H groups in total. The number of nitrogens with one attached hydrogen (secondary N) is 1. The van der Waals surface area contributed by atoms with E-state index in [0.29, 0.717) is 5.92 Å². The van der Waals surface area contributed by atoms with Crippen LogP contribution in [0.2, 0.25) is 0 Å². The summed E-state index contributed by atoms with van der Waals surface area (Å²) in [4.78, 5) is 0. The maximum atomic E-state index is 6.19. The fourth-order valence-electron chi connectivity index (χ4n) is 2.10. The first-order valence-corrected chi connectivity index (χ1v) is 7.68. The number of benzene rings is 1. The van der Waals surface area contributed by atoms with E-state index < -0.39 is 0 Å². The van der Waals surface area contributed by atoms with Crippen LogP contribution in [0.5, 0.6) is 5.75 Å². The van der Waals surface area contributed by atoms with Crippen LogP contribution < -0.4 is 10.1 Å². The lowest BCUT2D eigenvalue weighted by molar-refractivity contribution is 0.172. The Labute approximate surface area is 123 Å². The summed E-state index contributed by atoms with van der Waals surface area (Å²) in [5.74, 6) is 1.56. The monoisotopic (exact) mass is 279 g/mol. The van der Waals surface area contributed by atoms with Gasteiger partial charge in [-0.2, -0.15) is 0 Å². The zero-order valence-corrected chi connectivity index (χ0v) is 13.3. The molecule has 2 atom stereocenters. The van der Waals surface area contributed by atoms with Gasteiger partial charge < -0.3 is 14.8 Å². The summed E-state index contributed by atoms with van der Waals surface area (Å²) in [6.45, 7) is 9.08. The van der Waals surface area contributed by atoms with Crippen LogP contribution in [0.15, 0.2) is 24.3 Å². The van der Waals surface area contributed by atoms with E-state index in [2.05, 4.69) is 44.3 Å². The molecule has 20 heavy (non-hydrogen) atoms. The number of hydrogen-bond acceptors (Lipinski definition) is 3. The first-order chi connectivity index (χ1) is 9.72. The van der Waals surface area contributed by atoms with Gasteiger partial charge in [0.2, 0.25) is 0 Å². The van der Waals surface area contributed by atoms with Gasteiger partial charge in [0.05, 0.1) is 6.61 Å². The molecule has 0 heterocycles. The largest absolute Gasteiger partial charge is 0.489 e. The van der Waals surface area contributed by atoms with Crippen LogP contribution in [0.3, 0.4) is 0 Å². The molecule has 0 bridgehead atoms. The lowest BCUT2D eigenvalue weighted by Gasteiger charge is -2.22. The van der Waals surface area contributed by atoms with Gasteiger partial charge in [0.15, 0.2) is 0 Å². The summed E-state index contributed by atoms with van der Waals surface area (Å²) in [6, 6.07) is 8.40. The van der Waals surface area contributed by atoms with Crippen molar-refractivity contribution in [3.05, 3.63) is 29.8 Å². The minimum atomic E-state index is 0.206. The predicted molar refractivity (Wildman–Crippen MR) is 84.6 cm³/mol. The topological polar surface area (TPSA) is 30.5 Å². The van der Waals surface area contributed by atoms with Gasteiger partial charge in [-0.15, -0.1) is 0 Å². The first-order valence-electron chi connectivity index (χ1n) is 7.68.